The highest BCUT2D eigenvalue weighted by atomic mass is 19.1. The number of nitrogens with zero attached hydrogens (tertiary/aromatic N) is 3. The highest BCUT2D eigenvalue weighted by molar-refractivity contribution is 6.04. The van der Waals surface area contributed by atoms with Gasteiger partial charge in [0, 0.05) is 43.6 Å². The van der Waals surface area contributed by atoms with Gasteiger partial charge in [0.05, 0.1) is 25.4 Å². The number of hydrogen-bond donors (Lipinski definition) is 1. The average molecular weight is 659 g/mol. The third-order valence-electron chi connectivity index (χ3n) is 8.60. The van der Waals surface area contributed by atoms with E-state index in [9.17, 15) is 18.8 Å². The maximum atomic E-state index is 15.4. The van der Waals surface area contributed by atoms with E-state index in [4.69, 9.17) is 14.2 Å². The first-order chi connectivity index (χ1) is 23.2. The lowest BCUT2D eigenvalue weighted by atomic mass is 9.87. The number of nitrogens with one attached hydrogen (secondary N) is 1. The van der Waals surface area contributed by atoms with Crippen LogP contribution in [0.5, 0.6) is 23.0 Å². The van der Waals surface area contributed by atoms with Crippen LogP contribution in [0.2, 0.25) is 0 Å². The van der Waals surface area contributed by atoms with E-state index in [1.165, 1.54) is 61.9 Å². The molecule has 48 heavy (non-hydrogen) atoms. The molecule has 1 saturated carbocycles. The molecule has 0 unspecified atom stereocenters. The summed E-state index contributed by atoms with van der Waals surface area (Å²) >= 11 is 0. The van der Waals surface area contributed by atoms with Gasteiger partial charge in [0.2, 0.25) is 0 Å². The van der Waals surface area contributed by atoms with Crippen LogP contribution in [0.3, 0.4) is 0 Å². The van der Waals surface area contributed by atoms with Crippen LogP contribution in [0.15, 0.2) is 82.6 Å². The summed E-state index contributed by atoms with van der Waals surface area (Å²) in [5.74, 6) is -0.600. The molecule has 1 aliphatic carbocycles. The standard InChI is InChI=1S/C36H34F2N4O6.H2/c1-46-32-19-26-29(20-33(32)47-2)39-16-14-30(26)48-31-13-10-24(18-28(31)38)40-34(43)27-21-41(17-15-22-6-4-3-5-7-22)36(45)42(35(27)44)25-11-8-23(37)9-12-25;/h8-14,16,18-22H,3-7,15,17H2,1-2H3,(H,40,43);1H. The van der Waals surface area contributed by atoms with Gasteiger partial charge in [-0.3, -0.25) is 19.1 Å². The summed E-state index contributed by atoms with van der Waals surface area (Å²) in [6.07, 6.45) is 9.05. The Hall–Kier alpha value is -5.52. The second-order valence-electron chi connectivity index (χ2n) is 11.7. The zero-order valence-corrected chi connectivity index (χ0v) is 26.5. The number of benzene rings is 3. The first-order valence-corrected chi connectivity index (χ1v) is 15.7. The molecule has 3 aromatic carbocycles. The summed E-state index contributed by atoms with van der Waals surface area (Å²) in [7, 11) is 3.01. The van der Waals surface area contributed by atoms with Crippen LogP contribution in [0.25, 0.3) is 16.6 Å². The number of rotatable bonds is 10. The fraction of sp³-hybridized carbons (Fsp3) is 0.278. The summed E-state index contributed by atoms with van der Waals surface area (Å²) < 4.78 is 47.9. The summed E-state index contributed by atoms with van der Waals surface area (Å²) in [6.45, 7) is 0.300. The average Bonchev–Trinajstić information content (AvgIpc) is 3.09. The molecule has 1 N–H and O–H groups in total. The molecule has 0 aliphatic heterocycles. The predicted octanol–water partition coefficient (Wildman–Crippen LogP) is 7.10. The molecule has 0 spiro atoms. The fourth-order valence-electron chi connectivity index (χ4n) is 6.05. The number of hydrogen-bond acceptors (Lipinski definition) is 7. The van der Waals surface area contributed by atoms with E-state index < -0.39 is 28.8 Å². The number of carbonyl (C=O) groups excluding carboxylic acids is 1. The summed E-state index contributed by atoms with van der Waals surface area (Å²) in [5, 5.41) is 3.12. The van der Waals surface area contributed by atoms with Gasteiger partial charge in [-0.25, -0.2) is 18.1 Å². The molecular formula is C36H36F2N4O6. The van der Waals surface area contributed by atoms with Crippen molar-refractivity contribution in [2.45, 2.75) is 45.1 Å². The van der Waals surface area contributed by atoms with Crippen molar-refractivity contribution in [3.8, 4) is 28.7 Å². The Balaban J connectivity index is 0.00000468. The molecule has 12 heteroatoms. The Kier molecular flexibility index (Phi) is 9.51. The van der Waals surface area contributed by atoms with E-state index in [-0.39, 0.29) is 24.1 Å². The number of halogens is 2. The van der Waals surface area contributed by atoms with Crippen molar-refractivity contribution in [1.29, 1.82) is 0 Å². The van der Waals surface area contributed by atoms with Gasteiger partial charge in [-0.1, -0.05) is 32.1 Å². The topological polar surface area (TPSA) is 114 Å². The van der Waals surface area contributed by atoms with Crippen LogP contribution in [-0.4, -0.2) is 34.2 Å². The monoisotopic (exact) mass is 658 g/mol. The molecule has 10 nitrogen and oxygen atoms in total. The molecule has 0 atom stereocenters. The highest BCUT2D eigenvalue weighted by Crippen LogP contribution is 2.37. The van der Waals surface area contributed by atoms with Crippen LogP contribution < -0.4 is 30.8 Å². The molecule has 5 aromatic rings. The van der Waals surface area contributed by atoms with Gasteiger partial charge < -0.3 is 19.5 Å². The molecule has 250 valence electrons. The van der Waals surface area contributed by atoms with Crippen LogP contribution in [-0.2, 0) is 6.54 Å². The minimum atomic E-state index is -0.880. The zero-order valence-electron chi connectivity index (χ0n) is 26.5. The Morgan fingerprint density at radius 2 is 1.65 bits per heavy atom. The van der Waals surface area contributed by atoms with Crippen molar-refractivity contribution >= 4 is 22.5 Å². The number of aromatic nitrogens is 3. The molecule has 2 aromatic heterocycles. The highest BCUT2D eigenvalue weighted by Gasteiger charge is 2.21. The van der Waals surface area contributed by atoms with Gasteiger partial charge in [-0.05, 0) is 60.9 Å². The lowest BCUT2D eigenvalue weighted by Crippen LogP contribution is -2.42. The smallest absolute Gasteiger partial charge is 0.335 e. The number of carbonyl (C=O) groups is 1. The number of amides is 1. The van der Waals surface area contributed by atoms with Crippen molar-refractivity contribution in [3.05, 3.63) is 111 Å². The third-order valence-corrected chi connectivity index (χ3v) is 8.60. The summed E-state index contributed by atoms with van der Waals surface area (Å²) in [5.41, 5.74) is -1.11. The number of methoxy groups -OCH3 is 2. The number of pyridine rings is 1. The number of fused-ring (bicyclic) bond motifs is 1. The first kappa shape index (κ1) is 32.4. The van der Waals surface area contributed by atoms with E-state index >= 15 is 4.39 Å². The van der Waals surface area contributed by atoms with E-state index in [0.717, 1.165) is 48.4 Å². The quantitative estimate of drug-likeness (QED) is 0.170. The second-order valence-corrected chi connectivity index (χ2v) is 11.7. The molecular weight excluding hydrogens is 622 g/mol. The van der Waals surface area contributed by atoms with Gasteiger partial charge in [-0.2, -0.15) is 0 Å². The molecule has 0 radical (unpaired) electrons. The fourth-order valence-corrected chi connectivity index (χ4v) is 6.05. The summed E-state index contributed by atoms with van der Waals surface area (Å²) in [4.78, 5) is 44.9. The lowest BCUT2D eigenvalue weighted by Gasteiger charge is -2.22. The number of anilines is 1. The van der Waals surface area contributed by atoms with Crippen LogP contribution in [0, 0.1) is 17.6 Å². The van der Waals surface area contributed by atoms with Crippen molar-refractivity contribution in [2.75, 3.05) is 19.5 Å². The largest absolute Gasteiger partial charge is 0.493 e. The van der Waals surface area contributed by atoms with E-state index in [1.54, 1.807) is 18.2 Å². The lowest BCUT2D eigenvalue weighted by molar-refractivity contribution is 0.102. The van der Waals surface area contributed by atoms with E-state index in [2.05, 4.69) is 10.3 Å². The Labute approximate surface area is 276 Å². The van der Waals surface area contributed by atoms with Gasteiger partial charge in [0.1, 0.15) is 17.1 Å². The maximum Gasteiger partial charge on any atom is 0.335 e. The SMILES string of the molecule is COc1cc2nccc(Oc3ccc(NC(=O)c4cn(CCC5CCCCC5)c(=O)n(-c5ccc(F)cc5)c4=O)cc3F)c2cc1OC.[HH]. The second kappa shape index (κ2) is 14.1. The molecule has 1 aliphatic rings. The maximum absolute atomic E-state index is 15.4. The van der Waals surface area contributed by atoms with Crippen molar-refractivity contribution < 1.29 is 29.2 Å². The van der Waals surface area contributed by atoms with Gasteiger partial charge in [0.25, 0.3) is 11.5 Å². The normalized spacial score (nSPS) is 13.3. The minimum absolute atomic E-state index is 0. The van der Waals surface area contributed by atoms with Crippen molar-refractivity contribution in [1.82, 2.24) is 14.1 Å². The van der Waals surface area contributed by atoms with E-state index in [0.29, 0.717) is 47.0 Å². The van der Waals surface area contributed by atoms with Crippen molar-refractivity contribution in [3.63, 3.8) is 0 Å². The van der Waals surface area contributed by atoms with Gasteiger partial charge in [-0.15, -0.1) is 0 Å². The van der Waals surface area contributed by atoms with Crippen molar-refractivity contribution in [2.24, 2.45) is 5.92 Å². The third kappa shape index (κ3) is 6.78. The van der Waals surface area contributed by atoms with Crippen LogP contribution >= 0.6 is 0 Å². The number of aryl methyl sites for hydroxylation is 1. The van der Waals surface area contributed by atoms with Crippen LogP contribution in [0.4, 0.5) is 14.5 Å². The number of ether oxygens (including phenoxy) is 3. The zero-order chi connectivity index (χ0) is 33.8. The minimum Gasteiger partial charge on any atom is -0.493 e. The first-order valence-electron chi connectivity index (χ1n) is 15.7. The van der Waals surface area contributed by atoms with Gasteiger partial charge in [0.15, 0.2) is 23.1 Å². The predicted molar refractivity (Wildman–Crippen MR) is 179 cm³/mol. The Bertz CT molecular complexity index is 2100. The Morgan fingerprint density at radius 1 is 0.917 bits per heavy atom. The molecule has 1 amide bonds. The van der Waals surface area contributed by atoms with Gasteiger partial charge >= 0.3 is 5.69 Å². The van der Waals surface area contributed by atoms with Crippen LogP contribution in [0.1, 0.15) is 50.3 Å². The summed E-state index contributed by atoms with van der Waals surface area (Å²) in [6, 6.07) is 13.7. The molecule has 0 bridgehead atoms. The molecule has 2 heterocycles. The molecule has 1 fully saturated rings. The Morgan fingerprint density at radius 3 is 2.35 bits per heavy atom. The molecule has 0 saturated heterocycles. The molecule has 6 rings (SSSR count). The van der Waals surface area contributed by atoms with E-state index in [1.807, 2.05) is 0 Å².